The van der Waals surface area contributed by atoms with Crippen LogP contribution in [0.25, 0.3) is 0 Å². The second kappa shape index (κ2) is 14.5. The van der Waals surface area contributed by atoms with Crippen molar-refractivity contribution in [2.75, 3.05) is 26.4 Å². The van der Waals surface area contributed by atoms with Gasteiger partial charge in [-0.3, -0.25) is 4.79 Å². The van der Waals surface area contributed by atoms with E-state index in [-0.39, 0.29) is 17.6 Å². The summed E-state index contributed by atoms with van der Waals surface area (Å²) in [5.41, 5.74) is 5.49. The van der Waals surface area contributed by atoms with E-state index in [9.17, 15) is 14.7 Å². The molecule has 0 aliphatic carbocycles. The molecule has 1 saturated heterocycles. The van der Waals surface area contributed by atoms with Crippen molar-refractivity contribution in [3.05, 3.63) is 0 Å². The van der Waals surface area contributed by atoms with Gasteiger partial charge in [0, 0.05) is 13.5 Å². The van der Waals surface area contributed by atoms with Gasteiger partial charge < -0.3 is 39.6 Å². The van der Waals surface area contributed by atoms with Gasteiger partial charge in [0.1, 0.15) is 12.1 Å². The van der Waals surface area contributed by atoms with Crippen molar-refractivity contribution in [2.45, 2.75) is 121 Å². The monoisotopic (exact) mass is 536 g/mol. The van der Waals surface area contributed by atoms with Crippen LogP contribution in [-0.2, 0) is 23.4 Å². The molecule has 0 aromatic heterocycles. The fourth-order valence-corrected chi connectivity index (χ4v) is 7.95. The maximum absolute atomic E-state index is 12.1. The Balaban J connectivity index is 3.23. The van der Waals surface area contributed by atoms with E-state index in [4.69, 9.17) is 24.4 Å². The lowest BCUT2D eigenvalue weighted by atomic mass is 9.92. The largest absolute Gasteiger partial charge is 0.432 e. The molecule has 0 saturated carbocycles. The number of amides is 1. The number of carbonyl (C=O) groups is 1. The lowest BCUT2D eigenvalue weighted by Crippen LogP contribution is -2.66. The highest BCUT2D eigenvalue weighted by atomic mass is 28.4. The zero-order valence-electron chi connectivity index (χ0n) is 23.3. The Bertz CT molecular complexity index is 621. The Kier molecular flexibility index (Phi) is 13.6. The normalized spacial score (nSPS) is 26.1. The van der Waals surface area contributed by atoms with Crippen molar-refractivity contribution < 1.29 is 33.3 Å². The second-order valence-corrected chi connectivity index (χ2v) is 20.0. The first kappa shape index (κ1) is 32.7. The van der Waals surface area contributed by atoms with E-state index >= 15 is 0 Å². The third kappa shape index (κ3) is 9.46. The summed E-state index contributed by atoms with van der Waals surface area (Å²) in [7, 11) is -4.56. The maximum atomic E-state index is 12.1. The van der Waals surface area contributed by atoms with Crippen LogP contribution in [0.5, 0.6) is 0 Å². The van der Waals surface area contributed by atoms with Gasteiger partial charge in [-0.2, -0.15) is 0 Å². The van der Waals surface area contributed by atoms with Gasteiger partial charge in [-0.05, 0) is 49.1 Å². The predicted molar refractivity (Wildman–Crippen MR) is 143 cm³/mol. The van der Waals surface area contributed by atoms with Crippen LogP contribution in [-0.4, -0.2) is 89.5 Å². The Morgan fingerprint density at radius 1 is 1.11 bits per heavy atom. The SMILES string of the molecule is CC[Si](CC)(CC)OC1C(O)C(CCC(C)(C)[Si](C)(C)O)OC(OCCOCCN)C1NC(C)=O. The summed E-state index contributed by atoms with van der Waals surface area (Å²) in [6, 6.07) is 2.09. The zero-order chi connectivity index (χ0) is 26.9. The molecule has 11 heteroatoms. The van der Waals surface area contributed by atoms with Crippen molar-refractivity contribution in [1.82, 2.24) is 5.32 Å². The molecule has 0 radical (unpaired) electrons. The number of ether oxygens (including phenoxy) is 3. The fraction of sp³-hybridized carbons (Fsp3) is 0.958. The van der Waals surface area contributed by atoms with Crippen molar-refractivity contribution in [1.29, 1.82) is 0 Å². The number of aliphatic hydroxyl groups excluding tert-OH is 1. The third-order valence-corrected chi connectivity index (χ3v) is 16.0. The molecule has 1 aliphatic rings. The molecule has 1 amide bonds. The molecule has 5 atom stereocenters. The Morgan fingerprint density at radius 3 is 2.20 bits per heavy atom. The minimum atomic E-state index is -2.43. The quantitative estimate of drug-likeness (QED) is 0.175. The van der Waals surface area contributed by atoms with Gasteiger partial charge in [-0.1, -0.05) is 34.6 Å². The molecule has 0 bridgehead atoms. The van der Waals surface area contributed by atoms with Gasteiger partial charge in [0.25, 0.3) is 0 Å². The van der Waals surface area contributed by atoms with E-state index in [1.165, 1.54) is 6.92 Å². The number of rotatable bonds is 16. The second-order valence-electron chi connectivity index (χ2n) is 10.8. The van der Waals surface area contributed by atoms with Gasteiger partial charge in [0.2, 0.25) is 5.91 Å². The van der Waals surface area contributed by atoms with Crippen LogP contribution >= 0.6 is 0 Å². The van der Waals surface area contributed by atoms with Gasteiger partial charge in [-0.25, -0.2) is 0 Å². The van der Waals surface area contributed by atoms with Crippen molar-refractivity contribution in [3.63, 3.8) is 0 Å². The Labute approximate surface area is 214 Å². The standard InChI is InChI=1S/C24H52N2O7Si2/c1-9-35(10-2,11-3)33-22-20(26-18(4)27)23(31-17-16-30-15-14-25)32-19(21(22)28)12-13-24(5,6)34(7,8)29/h19-23,28-29H,9-17,25H2,1-8H3,(H,26,27). The van der Waals surface area contributed by atoms with E-state index in [1.807, 2.05) is 13.1 Å². The zero-order valence-corrected chi connectivity index (χ0v) is 25.3. The summed E-state index contributed by atoms with van der Waals surface area (Å²) in [5.74, 6) is -0.239. The molecule has 1 heterocycles. The third-order valence-electron chi connectivity index (χ3n) is 7.84. The van der Waals surface area contributed by atoms with Crippen LogP contribution in [0.4, 0.5) is 0 Å². The smallest absolute Gasteiger partial charge is 0.217 e. The molecule has 1 aliphatic heterocycles. The Hall–Kier alpha value is -0.376. The molecule has 5 unspecified atom stereocenters. The van der Waals surface area contributed by atoms with E-state index < -0.39 is 47.3 Å². The topological polar surface area (TPSA) is 132 Å². The van der Waals surface area contributed by atoms with Crippen LogP contribution < -0.4 is 11.1 Å². The summed E-state index contributed by atoms with van der Waals surface area (Å²) in [6.07, 6.45) is -1.70. The highest BCUT2D eigenvalue weighted by molar-refractivity contribution is 6.73. The summed E-state index contributed by atoms with van der Waals surface area (Å²) < 4.78 is 24.5. The van der Waals surface area contributed by atoms with Gasteiger partial charge in [0.05, 0.1) is 32.0 Å². The van der Waals surface area contributed by atoms with Crippen LogP contribution in [0.3, 0.4) is 0 Å². The summed E-state index contributed by atoms with van der Waals surface area (Å²) in [5, 5.41) is 14.2. The fourth-order valence-electron chi connectivity index (χ4n) is 4.33. The first-order valence-electron chi connectivity index (χ1n) is 13.2. The Morgan fingerprint density at radius 2 is 1.71 bits per heavy atom. The summed E-state index contributed by atoms with van der Waals surface area (Å²) in [6.45, 7) is 17.3. The predicted octanol–water partition coefficient (Wildman–Crippen LogP) is 2.72. The van der Waals surface area contributed by atoms with Crippen molar-refractivity contribution in [2.24, 2.45) is 5.73 Å². The molecule has 0 spiro atoms. The number of nitrogens with two attached hydrogens (primary N) is 1. The average Bonchev–Trinajstić information content (AvgIpc) is 2.78. The van der Waals surface area contributed by atoms with Gasteiger partial charge in [0.15, 0.2) is 22.9 Å². The highest BCUT2D eigenvalue weighted by Gasteiger charge is 2.50. The number of hydrogen-bond donors (Lipinski definition) is 4. The molecule has 0 aromatic carbocycles. The summed E-state index contributed by atoms with van der Waals surface area (Å²) >= 11 is 0. The molecule has 9 nitrogen and oxygen atoms in total. The summed E-state index contributed by atoms with van der Waals surface area (Å²) in [4.78, 5) is 22.9. The number of aliphatic hydroxyl groups is 1. The number of carbonyl (C=O) groups excluding carboxylic acids is 1. The van der Waals surface area contributed by atoms with Crippen LogP contribution in [0.1, 0.15) is 54.4 Å². The molecule has 1 rings (SSSR count). The molecular weight excluding hydrogens is 484 g/mol. The molecule has 5 N–H and O–H groups in total. The first-order chi connectivity index (χ1) is 16.3. The van der Waals surface area contributed by atoms with E-state index in [0.717, 1.165) is 18.1 Å². The number of hydrogen-bond acceptors (Lipinski definition) is 8. The highest BCUT2D eigenvalue weighted by Crippen LogP contribution is 2.42. The molecule has 35 heavy (non-hydrogen) atoms. The lowest BCUT2D eigenvalue weighted by Gasteiger charge is -2.48. The van der Waals surface area contributed by atoms with Crippen molar-refractivity contribution >= 4 is 22.5 Å². The minimum Gasteiger partial charge on any atom is -0.432 e. The lowest BCUT2D eigenvalue weighted by molar-refractivity contribution is -0.265. The average molecular weight is 537 g/mol. The molecule has 208 valence electrons. The van der Waals surface area contributed by atoms with E-state index in [2.05, 4.69) is 39.9 Å². The van der Waals surface area contributed by atoms with E-state index in [1.54, 1.807) is 0 Å². The molecular formula is C24H52N2O7Si2. The van der Waals surface area contributed by atoms with Crippen LogP contribution in [0, 0.1) is 0 Å². The van der Waals surface area contributed by atoms with Crippen LogP contribution in [0.2, 0.25) is 36.3 Å². The minimum absolute atomic E-state index is 0.239. The van der Waals surface area contributed by atoms with Crippen LogP contribution in [0.15, 0.2) is 0 Å². The van der Waals surface area contributed by atoms with Gasteiger partial charge in [-0.15, -0.1) is 0 Å². The molecule has 1 fully saturated rings. The number of nitrogens with one attached hydrogen (secondary N) is 1. The maximum Gasteiger partial charge on any atom is 0.217 e. The van der Waals surface area contributed by atoms with E-state index in [0.29, 0.717) is 32.6 Å². The van der Waals surface area contributed by atoms with Gasteiger partial charge >= 0.3 is 0 Å². The molecule has 0 aromatic rings. The first-order valence-corrected chi connectivity index (χ1v) is 18.6. The van der Waals surface area contributed by atoms with Crippen molar-refractivity contribution in [3.8, 4) is 0 Å².